The van der Waals surface area contributed by atoms with Crippen LogP contribution in [0.1, 0.15) is 36.5 Å². The van der Waals surface area contributed by atoms with Gasteiger partial charge in [-0.05, 0) is 31.4 Å². The first-order valence-electron chi connectivity index (χ1n) is 8.05. The summed E-state index contributed by atoms with van der Waals surface area (Å²) in [6, 6.07) is 10.6. The van der Waals surface area contributed by atoms with E-state index in [4.69, 9.17) is 4.52 Å². The van der Waals surface area contributed by atoms with E-state index < -0.39 is 0 Å². The van der Waals surface area contributed by atoms with Gasteiger partial charge in [-0.25, -0.2) is 0 Å². The van der Waals surface area contributed by atoms with E-state index in [1.54, 1.807) is 0 Å². The van der Waals surface area contributed by atoms with Gasteiger partial charge in [0.15, 0.2) is 5.82 Å². The third-order valence-electron chi connectivity index (χ3n) is 4.29. The lowest BCUT2D eigenvalue weighted by Crippen LogP contribution is -2.41. The van der Waals surface area contributed by atoms with E-state index in [1.165, 1.54) is 18.4 Å². The van der Waals surface area contributed by atoms with E-state index in [2.05, 4.69) is 27.2 Å². The van der Waals surface area contributed by atoms with Gasteiger partial charge in [-0.1, -0.05) is 41.9 Å². The first-order chi connectivity index (χ1) is 10.8. The molecule has 1 unspecified atom stereocenters. The van der Waals surface area contributed by atoms with Crippen molar-refractivity contribution >= 4 is 0 Å². The van der Waals surface area contributed by atoms with Crippen LogP contribution in [0.4, 0.5) is 0 Å². The fourth-order valence-corrected chi connectivity index (χ4v) is 3.01. The molecule has 1 fully saturated rings. The summed E-state index contributed by atoms with van der Waals surface area (Å²) in [4.78, 5) is 6.74. The Labute approximate surface area is 131 Å². The third kappa shape index (κ3) is 3.93. The molecule has 3 rings (SSSR count). The van der Waals surface area contributed by atoms with E-state index in [0.29, 0.717) is 12.4 Å². The molecule has 0 spiro atoms. The zero-order valence-corrected chi connectivity index (χ0v) is 12.8. The first-order valence-corrected chi connectivity index (χ1v) is 8.05. The van der Waals surface area contributed by atoms with Gasteiger partial charge in [0.2, 0.25) is 5.89 Å². The highest BCUT2D eigenvalue weighted by Gasteiger charge is 2.23. The van der Waals surface area contributed by atoms with Gasteiger partial charge in [0, 0.05) is 12.5 Å². The number of aliphatic hydroxyl groups excluding tert-OH is 1. The van der Waals surface area contributed by atoms with Gasteiger partial charge in [0.1, 0.15) is 0 Å². The molecule has 1 aliphatic rings. The lowest BCUT2D eigenvalue weighted by Gasteiger charge is -2.33. The number of hydrogen-bond donors (Lipinski definition) is 1. The maximum atomic E-state index is 9.45. The molecule has 0 radical (unpaired) electrons. The third-order valence-corrected chi connectivity index (χ3v) is 4.29. The number of rotatable bonds is 6. The van der Waals surface area contributed by atoms with Crippen LogP contribution >= 0.6 is 0 Å². The van der Waals surface area contributed by atoms with E-state index in [-0.39, 0.29) is 12.6 Å². The monoisotopic (exact) mass is 301 g/mol. The molecule has 0 amide bonds. The van der Waals surface area contributed by atoms with E-state index in [1.807, 2.05) is 18.2 Å². The van der Waals surface area contributed by atoms with Crippen LogP contribution in [0.15, 0.2) is 34.9 Å². The molecule has 2 aromatic rings. The minimum Gasteiger partial charge on any atom is -0.395 e. The number of aryl methyl sites for hydroxylation is 2. The first kappa shape index (κ1) is 15.2. The Morgan fingerprint density at radius 2 is 2.05 bits per heavy atom. The largest absolute Gasteiger partial charge is 0.395 e. The summed E-state index contributed by atoms with van der Waals surface area (Å²) in [7, 11) is 0. The lowest BCUT2D eigenvalue weighted by atomic mass is 10.0. The Bertz CT molecular complexity index is 570. The number of benzene rings is 1. The Balaban J connectivity index is 1.54. The van der Waals surface area contributed by atoms with Crippen molar-refractivity contribution in [1.29, 1.82) is 0 Å². The summed E-state index contributed by atoms with van der Waals surface area (Å²) in [5, 5.41) is 13.5. The van der Waals surface area contributed by atoms with Crippen LogP contribution in [-0.4, -0.2) is 39.3 Å². The fraction of sp³-hybridized carbons (Fsp3) is 0.529. The van der Waals surface area contributed by atoms with Crippen molar-refractivity contribution in [2.24, 2.45) is 0 Å². The van der Waals surface area contributed by atoms with Gasteiger partial charge in [-0.3, -0.25) is 4.90 Å². The standard InChI is InChI=1S/C17H23N3O2/c21-13-15-8-4-5-11-20(15)12-17-18-16(19-22-17)10-9-14-6-2-1-3-7-14/h1-3,6-7,15,21H,4-5,8-13H2. The average Bonchev–Trinajstić information content (AvgIpc) is 3.02. The highest BCUT2D eigenvalue weighted by molar-refractivity contribution is 5.15. The maximum absolute atomic E-state index is 9.45. The molecule has 5 nitrogen and oxygen atoms in total. The van der Waals surface area contributed by atoms with Crippen LogP contribution in [0.25, 0.3) is 0 Å². The van der Waals surface area contributed by atoms with Crippen molar-refractivity contribution in [3.05, 3.63) is 47.6 Å². The number of hydrogen-bond acceptors (Lipinski definition) is 5. The summed E-state index contributed by atoms with van der Waals surface area (Å²) in [5.74, 6) is 1.42. The summed E-state index contributed by atoms with van der Waals surface area (Å²) in [6.45, 7) is 1.84. The predicted molar refractivity (Wildman–Crippen MR) is 83.3 cm³/mol. The molecule has 1 N–H and O–H groups in total. The van der Waals surface area contributed by atoms with Gasteiger partial charge in [-0.2, -0.15) is 4.98 Å². The second-order valence-electron chi connectivity index (χ2n) is 5.89. The van der Waals surface area contributed by atoms with E-state index >= 15 is 0 Å². The number of likely N-dealkylation sites (tertiary alicyclic amines) is 1. The fourth-order valence-electron chi connectivity index (χ4n) is 3.01. The molecule has 2 heterocycles. The predicted octanol–water partition coefficient (Wildman–Crippen LogP) is 2.20. The van der Waals surface area contributed by atoms with Crippen molar-refractivity contribution in [3.63, 3.8) is 0 Å². The zero-order valence-electron chi connectivity index (χ0n) is 12.8. The van der Waals surface area contributed by atoms with Gasteiger partial charge < -0.3 is 9.63 Å². The van der Waals surface area contributed by atoms with Crippen LogP contribution in [0.5, 0.6) is 0 Å². The Kier molecular flexibility index (Phi) is 5.19. The SMILES string of the molecule is OCC1CCCCN1Cc1nc(CCc2ccccc2)no1. The normalized spacial score (nSPS) is 19.4. The molecule has 1 aliphatic heterocycles. The highest BCUT2D eigenvalue weighted by atomic mass is 16.5. The maximum Gasteiger partial charge on any atom is 0.240 e. The van der Waals surface area contributed by atoms with Crippen LogP contribution in [-0.2, 0) is 19.4 Å². The minimum absolute atomic E-state index is 0.203. The van der Waals surface area contributed by atoms with Crippen molar-refractivity contribution in [1.82, 2.24) is 15.0 Å². The Morgan fingerprint density at radius 1 is 1.18 bits per heavy atom. The summed E-state index contributed by atoms with van der Waals surface area (Å²) in [5.41, 5.74) is 1.28. The van der Waals surface area contributed by atoms with Gasteiger partial charge in [-0.15, -0.1) is 0 Å². The van der Waals surface area contributed by atoms with Crippen LogP contribution in [0.3, 0.4) is 0 Å². The van der Waals surface area contributed by atoms with Crippen molar-refractivity contribution in [2.75, 3.05) is 13.2 Å². The van der Waals surface area contributed by atoms with Crippen LogP contribution < -0.4 is 0 Å². The molecule has 1 saturated heterocycles. The molecule has 118 valence electrons. The second kappa shape index (κ2) is 7.51. The number of piperidine rings is 1. The van der Waals surface area contributed by atoms with Gasteiger partial charge in [0.25, 0.3) is 0 Å². The van der Waals surface area contributed by atoms with Crippen LogP contribution in [0, 0.1) is 0 Å². The number of aromatic nitrogens is 2. The minimum atomic E-state index is 0.203. The molecule has 1 aromatic heterocycles. The smallest absolute Gasteiger partial charge is 0.240 e. The summed E-state index contributed by atoms with van der Waals surface area (Å²) < 4.78 is 5.36. The molecule has 0 aliphatic carbocycles. The number of aliphatic hydroxyl groups is 1. The topological polar surface area (TPSA) is 62.4 Å². The van der Waals surface area contributed by atoms with Crippen molar-refractivity contribution in [2.45, 2.75) is 44.7 Å². The van der Waals surface area contributed by atoms with Gasteiger partial charge >= 0.3 is 0 Å². The van der Waals surface area contributed by atoms with Crippen molar-refractivity contribution < 1.29 is 9.63 Å². The molecular weight excluding hydrogens is 278 g/mol. The molecule has 22 heavy (non-hydrogen) atoms. The molecule has 1 atom stereocenters. The quantitative estimate of drug-likeness (QED) is 0.886. The molecule has 5 heteroatoms. The average molecular weight is 301 g/mol. The molecule has 1 aromatic carbocycles. The summed E-state index contributed by atoms with van der Waals surface area (Å²) >= 11 is 0. The summed E-state index contributed by atoms with van der Waals surface area (Å²) in [6.07, 6.45) is 5.12. The van der Waals surface area contributed by atoms with Crippen LogP contribution in [0.2, 0.25) is 0 Å². The Morgan fingerprint density at radius 3 is 2.86 bits per heavy atom. The molecule has 0 bridgehead atoms. The Hall–Kier alpha value is -1.72. The lowest BCUT2D eigenvalue weighted by molar-refractivity contribution is 0.0749. The van der Waals surface area contributed by atoms with E-state index in [0.717, 1.165) is 31.6 Å². The highest BCUT2D eigenvalue weighted by Crippen LogP contribution is 2.18. The zero-order chi connectivity index (χ0) is 15.2. The molecule has 0 saturated carbocycles. The van der Waals surface area contributed by atoms with E-state index in [9.17, 15) is 5.11 Å². The molecular formula is C17H23N3O2. The van der Waals surface area contributed by atoms with Gasteiger partial charge in [0.05, 0.1) is 13.2 Å². The van der Waals surface area contributed by atoms with Crippen molar-refractivity contribution in [3.8, 4) is 0 Å². The number of nitrogens with zero attached hydrogens (tertiary/aromatic N) is 3. The second-order valence-corrected chi connectivity index (χ2v) is 5.89.